The molecule has 0 aliphatic heterocycles. The molecule has 1 aromatic rings. The van der Waals surface area contributed by atoms with Crippen molar-refractivity contribution < 1.29 is 19.4 Å². The third kappa shape index (κ3) is 3.37. The van der Waals surface area contributed by atoms with Crippen molar-refractivity contribution in [2.24, 2.45) is 0 Å². The number of carbonyl (C=O) groups is 1. The number of benzene rings is 1. The molecule has 0 bridgehead atoms. The average Bonchev–Trinajstić information content (AvgIpc) is 2.33. The molecular formula is C13H19NO4. The summed E-state index contributed by atoms with van der Waals surface area (Å²) in [5, 5.41) is 12.1. The van der Waals surface area contributed by atoms with Crippen molar-refractivity contribution in [1.29, 1.82) is 0 Å². The van der Waals surface area contributed by atoms with Gasteiger partial charge in [-0.2, -0.15) is 0 Å². The Morgan fingerprint density at radius 1 is 1.22 bits per heavy atom. The fraction of sp³-hybridized carbons (Fsp3) is 0.462. The highest BCUT2D eigenvalue weighted by molar-refractivity contribution is 5.89. The Bertz CT molecular complexity index is 390. The van der Waals surface area contributed by atoms with Gasteiger partial charge in [0, 0.05) is 12.1 Å². The minimum Gasteiger partial charge on any atom is -0.493 e. The third-order valence-electron chi connectivity index (χ3n) is 2.37. The van der Waals surface area contributed by atoms with Crippen LogP contribution in [0.15, 0.2) is 12.1 Å². The molecule has 18 heavy (non-hydrogen) atoms. The first-order valence-corrected chi connectivity index (χ1v) is 5.94. The summed E-state index contributed by atoms with van der Waals surface area (Å²) in [5.41, 5.74) is 1.01. The zero-order chi connectivity index (χ0) is 13.5. The molecule has 0 aliphatic rings. The standard InChI is InChI=1S/C13H19NO4/c1-4-17-11-6-9(13(15)16)7-12(18-5-2)10(11)8-14-3/h6-7,14H,4-5,8H2,1-3H3,(H,15,16). The van der Waals surface area contributed by atoms with Crippen molar-refractivity contribution >= 4 is 5.97 Å². The van der Waals surface area contributed by atoms with E-state index < -0.39 is 5.97 Å². The molecule has 0 amide bonds. The van der Waals surface area contributed by atoms with Gasteiger partial charge in [0.25, 0.3) is 0 Å². The Kier molecular flexibility index (Phi) is 5.45. The summed E-state index contributed by atoms with van der Waals surface area (Å²) in [6.07, 6.45) is 0. The van der Waals surface area contributed by atoms with Gasteiger partial charge in [-0.05, 0) is 33.0 Å². The van der Waals surface area contributed by atoms with E-state index in [0.29, 0.717) is 31.3 Å². The summed E-state index contributed by atoms with van der Waals surface area (Å²) in [6.45, 7) is 5.23. The summed E-state index contributed by atoms with van der Waals surface area (Å²) in [4.78, 5) is 11.1. The van der Waals surface area contributed by atoms with Gasteiger partial charge in [0.15, 0.2) is 0 Å². The maximum absolute atomic E-state index is 11.1. The highest BCUT2D eigenvalue weighted by Gasteiger charge is 2.15. The molecule has 0 radical (unpaired) electrons. The Morgan fingerprint density at radius 3 is 2.06 bits per heavy atom. The maximum Gasteiger partial charge on any atom is 0.335 e. The predicted octanol–water partition coefficient (Wildman–Crippen LogP) is 1.90. The minimum absolute atomic E-state index is 0.168. The van der Waals surface area contributed by atoms with Gasteiger partial charge in [-0.1, -0.05) is 0 Å². The molecule has 0 aliphatic carbocycles. The van der Waals surface area contributed by atoms with Crippen LogP contribution < -0.4 is 14.8 Å². The Labute approximate surface area is 107 Å². The Morgan fingerprint density at radius 2 is 1.72 bits per heavy atom. The van der Waals surface area contributed by atoms with E-state index in [9.17, 15) is 4.79 Å². The van der Waals surface area contributed by atoms with E-state index in [4.69, 9.17) is 14.6 Å². The van der Waals surface area contributed by atoms with Crippen LogP contribution in [0.5, 0.6) is 11.5 Å². The van der Waals surface area contributed by atoms with Crippen LogP contribution in [-0.4, -0.2) is 31.3 Å². The molecule has 0 atom stereocenters. The van der Waals surface area contributed by atoms with Crippen LogP contribution in [0.3, 0.4) is 0 Å². The zero-order valence-corrected chi connectivity index (χ0v) is 10.9. The molecule has 0 saturated heterocycles. The van der Waals surface area contributed by atoms with Crippen LogP contribution in [0.4, 0.5) is 0 Å². The van der Waals surface area contributed by atoms with Crippen molar-refractivity contribution in [3.8, 4) is 11.5 Å². The second-order valence-electron chi connectivity index (χ2n) is 3.65. The second-order valence-corrected chi connectivity index (χ2v) is 3.65. The lowest BCUT2D eigenvalue weighted by molar-refractivity contribution is 0.0695. The maximum atomic E-state index is 11.1. The highest BCUT2D eigenvalue weighted by atomic mass is 16.5. The first kappa shape index (κ1) is 14.3. The summed E-state index contributed by atoms with van der Waals surface area (Å²) in [6, 6.07) is 3.06. The van der Waals surface area contributed by atoms with Gasteiger partial charge in [-0.15, -0.1) is 0 Å². The van der Waals surface area contributed by atoms with Crippen LogP contribution in [-0.2, 0) is 6.54 Å². The van der Waals surface area contributed by atoms with Gasteiger partial charge >= 0.3 is 5.97 Å². The normalized spacial score (nSPS) is 10.2. The van der Waals surface area contributed by atoms with Crippen LogP contribution in [0, 0.1) is 0 Å². The van der Waals surface area contributed by atoms with E-state index in [2.05, 4.69) is 5.32 Å². The average molecular weight is 253 g/mol. The number of nitrogens with one attached hydrogen (secondary N) is 1. The number of hydrogen-bond acceptors (Lipinski definition) is 4. The van der Waals surface area contributed by atoms with Crippen molar-refractivity contribution in [1.82, 2.24) is 5.32 Å². The quantitative estimate of drug-likeness (QED) is 0.776. The molecule has 5 nitrogen and oxygen atoms in total. The first-order valence-electron chi connectivity index (χ1n) is 5.94. The van der Waals surface area contributed by atoms with E-state index in [1.54, 1.807) is 0 Å². The summed E-state index contributed by atoms with van der Waals surface area (Å²) < 4.78 is 11.0. The van der Waals surface area contributed by atoms with Crippen molar-refractivity contribution in [2.75, 3.05) is 20.3 Å². The van der Waals surface area contributed by atoms with Gasteiger partial charge in [0.1, 0.15) is 11.5 Å². The third-order valence-corrected chi connectivity index (χ3v) is 2.37. The Balaban J connectivity index is 3.28. The molecule has 1 rings (SSSR count). The van der Waals surface area contributed by atoms with Crippen molar-refractivity contribution in [3.63, 3.8) is 0 Å². The van der Waals surface area contributed by atoms with Gasteiger partial charge in [0.05, 0.1) is 18.8 Å². The molecule has 0 spiro atoms. The fourth-order valence-corrected chi connectivity index (χ4v) is 1.66. The van der Waals surface area contributed by atoms with Gasteiger partial charge in [0.2, 0.25) is 0 Å². The molecule has 0 unspecified atom stereocenters. The number of rotatable bonds is 7. The Hall–Kier alpha value is -1.75. The largest absolute Gasteiger partial charge is 0.493 e. The molecule has 0 saturated carbocycles. The van der Waals surface area contributed by atoms with Crippen molar-refractivity contribution in [3.05, 3.63) is 23.3 Å². The molecular weight excluding hydrogens is 234 g/mol. The molecule has 1 aromatic carbocycles. The van der Waals surface area contributed by atoms with Crippen LogP contribution in [0.25, 0.3) is 0 Å². The second kappa shape index (κ2) is 6.86. The lowest BCUT2D eigenvalue weighted by Gasteiger charge is -2.16. The fourth-order valence-electron chi connectivity index (χ4n) is 1.66. The van der Waals surface area contributed by atoms with Gasteiger partial charge < -0.3 is 19.9 Å². The lowest BCUT2D eigenvalue weighted by Crippen LogP contribution is -2.11. The molecule has 0 fully saturated rings. The van der Waals surface area contributed by atoms with Crippen molar-refractivity contribution in [2.45, 2.75) is 20.4 Å². The minimum atomic E-state index is -0.993. The number of carboxylic acid groups (broad SMARTS) is 1. The van der Waals surface area contributed by atoms with Crippen LogP contribution in [0.2, 0.25) is 0 Å². The number of ether oxygens (including phenoxy) is 2. The monoisotopic (exact) mass is 253 g/mol. The van der Waals surface area contributed by atoms with Crippen LogP contribution in [0.1, 0.15) is 29.8 Å². The van der Waals surface area contributed by atoms with E-state index in [1.807, 2.05) is 20.9 Å². The zero-order valence-electron chi connectivity index (χ0n) is 10.9. The first-order chi connectivity index (χ1) is 8.63. The van der Waals surface area contributed by atoms with E-state index in [1.165, 1.54) is 12.1 Å². The molecule has 0 heterocycles. The SMILES string of the molecule is CCOc1cc(C(=O)O)cc(OCC)c1CNC. The molecule has 5 heteroatoms. The topological polar surface area (TPSA) is 67.8 Å². The molecule has 100 valence electrons. The predicted molar refractivity (Wildman–Crippen MR) is 68.5 cm³/mol. The smallest absolute Gasteiger partial charge is 0.335 e. The summed E-state index contributed by atoms with van der Waals surface area (Å²) in [7, 11) is 1.82. The number of aromatic carboxylic acids is 1. The number of carboxylic acids is 1. The molecule has 0 aromatic heterocycles. The highest BCUT2D eigenvalue weighted by Crippen LogP contribution is 2.31. The van der Waals surface area contributed by atoms with E-state index in [-0.39, 0.29) is 5.56 Å². The summed E-state index contributed by atoms with van der Waals surface area (Å²) in [5.74, 6) is 0.110. The molecule has 2 N–H and O–H groups in total. The van der Waals surface area contributed by atoms with E-state index >= 15 is 0 Å². The van der Waals surface area contributed by atoms with Crippen LogP contribution >= 0.6 is 0 Å². The number of hydrogen-bond donors (Lipinski definition) is 2. The summed E-state index contributed by atoms with van der Waals surface area (Å²) >= 11 is 0. The van der Waals surface area contributed by atoms with Gasteiger partial charge in [-0.3, -0.25) is 0 Å². The lowest BCUT2D eigenvalue weighted by atomic mass is 10.1. The van der Waals surface area contributed by atoms with Gasteiger partial charge in [-0.25, -0.2) is 4.79 Å². The van der Waals surface area contributed by atoms with E-state index in [0.717, 1.165) is 5.56 Å².